The van der Waals surface area contributed by atoms with E-state index in [1.54, 1.807) is 12.1 Å². The van der Waals surface area contributed by atoms with Crippen LogP contribution in [0.15, 0.2) is 30.3 Å². The number of carboxylic acid groups (broad SMARTS) is 2. The third-order valence-corrected chi connectivity index (χ3v) is 4.56. The van der Waals surface area contributed by atoms with Crippen LogP contribution in [0.3, 0.4) is 0 Å². The zero-order chi connectivity index (χ0) is 22.3. The molecule has 0 spiro atoms. The van der Waals surface area contributed by atoms with E-state index >= 15 is 0 Å². The maximum atomic E-state index is 13.3. The fourth-order valence-electron chi connectivity index (χ4n) is 3.24. The van der Waals surface area contributed by atoms with Crippen LogP contribution in [0.2, 0.25) is 0 Å². The van der Waals surface area contributed by atoms with Gasteiger partial charge in [-0.1, -0.05) is 12.1 Å². The Morgan fingerprint density at radius 1 is 1.20 bits per heavy atom. The molecule has 1 heterocycles. The van der Waals surface area contributed by atoms with E-state index in [-0.39, 0.29) is 5.82 Å². The second-order valence-electron chi connectivity index (χ2n) is 7.00. The summed E-state index contributed by atoms with van der Waals surface area (Å²) in [6, 6.07) is 10.8. The Bertz CT molecular complexity index is 953. The topological polar surface area (TPSA) is 111 Å². The van der Waals surface area contributed by atoms with Crippen LogP contribution in [0, 0.1) is 17.1 Å². The van der Waals surface area contributed by atoms with Gasteiger partial charge in [0.05, 0.1) is 12.2 Å². The molecule has 158 valence electrons. The van der Waals surface area contributed by atoms with Gasteiger partial charge in [-0.2, -0.15) is 5.26 Å². The van der Waals surface area contributed by atoms with Crippen LogP contribution in [0.4, 0.5) is 4.39 Å². The number of fused-ring (bicyclic) bond motifs is 1. The molecular weight excluding hydrogens is 391 g/mol. The van der Waals surface area contributed by atoms with Gasteiger partial charge in [-0.05, 0) is 62.8 Å². The SMILES string of the molecule is CN(C)CCCc1cc2c(c(-c3ccc(F)cc3)c1C#N)CCO2.O=C(O)C(=O)O. The number of ether oxygens (including phenoxy) is 1. The molecule has 2 aromatic rings. The Kier molecular flexibility index (Phi) is 7.90. The lowest BCUT2D eigenvalue weighted by molar-refractivity contribution is -0.159. The molecule has 0 aromatic heterocycles. The molecule has 1 aliphatic heterocycles. The highest BCUT2D eigenvalue weighted by atomic mass is 19.1. The molecule has 0 bridgehead atoms. The van der Waals surface area contributed by atoms with Crippen molar-refractivity contribution in [2.24, 2.45) is 0 Å². The summed E-state index contributed by atoms with van der Waals surface area (Å²) in [6.07, 6.45) is 2.59. The normalized spacial score (nSPS) is 11.7. The fourth-order valence-corrected chi connectivity index (χ4v) is 3.24. The van der Waals surface area contributed by atoms with E-state index in [4.69, 9.17) is 24.5 Å². The number of aryl methyl sites for hydroxylation is 1. The van der Waals surface area contributed by atoms with Crippen LogP contribution >= 0.6 is 0 Å². The van der Waals surface area contributed by atoms with E-state index in [0.717, 1.165) is 53.8 Å². The van der Waals surface area contributed by atoms with Gasteiger partial charge in [0.1, 0.15) is 17.6 Å². The second-order valence-corrected chi connectivity index (χ2v) is 7.00. The van der Waals surface area contributed by atoms with Crippen molar-refractivity contribution in [3.8, 4) is 22.9 Å². The minimum absolute atomic E-state index is 0.271. The van der Waals surface area contributed by atoms with Gasteiger partial charge in [-0.15, -0.1) is 0 Å². The van der Waals surface area contributed by atoms with Crippen LogP contribution in [-0.2, 0) is 22.4 Å². The van der Waals surface area contributed by atoms with Crippen molar-refractivity contribution in [1.82, 2.24) is 4.90 Å². The molecule has 8 heteroatoms. The van der Waals surface area contributed by atoms with Gasteiger partial charge in [0, 0.05) is 17.5 Å². The summed E-state index contributed by atoms with van der Waals surface area (Å²) in [7, 11) is 4.09. The number of rotatable bonds is 5. The van der Waals surface area contributed by atoms with E-state index in [2.05, 4.69) is 11.0 Å². The van der Waals surface area contributed by atoms with Crippen molar-refractivity contribution in [2.75, 3.05) is 27.2 Å². The molecule has 0 saturated carbocycles. The summed E-state index contributed by atoms with van der Waals surface area (Å²) < 4.78 is 19.0. The van der Waals surface area contributed by atoms with Crippen molar-refractivity contribution in [1.29, 1.82) is 5.26 Å². The highest BCUT2D eigenvalue weighted by molar-refractivity contribution is 6.27. The van der Waals surface area contributed by atoms with Crippen molar-refractivity contribution in [2.45, 2.75) is 19.3 Å². The summed E-state index contributed by atoms with van der Waals surface area (Å²) in [5, 5.41) is 24.6. The first kappa shape index (κ1) is 22.8. The first-order chi connectivity index (χ1) is 14.2. The summed E-state index contributed by atoms with van der Waals surface area (Å²) in [4.78, 5) is 20.3. The van der Waals surface area contributed by atoms with Gasteiger partial charge in [0.15, 0.2) is 0 Å². The maximum Gasteiger partial charge on any atom is 0.414 e. The van der Waals surface area contributed by atoms with Crippen molar-refractivity contribution in [3.05, 3.63) is 52.8 Å². The molecule has 2 N–H and O–H groups in total. The number of hydrogen-bond acceptors (Lipinski definition) is 5. The van der Waals surface area contributed by atoms with E-state index in [1.165, 1.54) is 12.1 Å². The minimum Gasteiger partial charge on any atom is -0.493 e. The van der Waals surface area contributed by atoms with Gasteiger partial charge in [-0.25, -0.2) is 14.0 Å². The predicted molar refractivity (Wildman–Crippen MR) is 108 cm³/mol. The average Bonchev–Trinajstić information content (AvgIpc) is 3.16. The van der Waals surface area contributed by atoms with Gasteiger partial charge < -0.3 is 19.8 Å². The molecule has 0 aliphatic carbocycles. The molecule has 7 nitrogen and oxygen atoms in total. The standard InChI is InChI=1S/C20H21FN2O.C2H2O4/c1-23(2)10-3-4-15-12-19-17(9-11-24-19)20(18(15)13-22)14-5-7-16(21)8-6-14;3-1(4)2(5)6/h5-8,12H,3-4,9-11H2,1-2H3;(H,3,4)(H,5,6). The molecule has 2 aromatic carbocycles. The molecule has 0 amide bonds. The summed E-state index contributed by atoms with van der Waals surface area (Å²) >= 11 is 0. The Labute approximate surface area is 173 Å². The Morgan fingerprint density at radius 2 is 1.83 bits per heavy atom. The van der Waals surface area contributed by atoms with Crippen LogP contribution in [-0.4, -0.2) is 54.3 Å². The summed E-state index contributed by atoms with van der Waals surface area (Å²) in [5.74, 6) is -3.05. The van der Waals surface area contributed by atoms with Gasteiger partial charge in [0.25, 0.3) is 0 Å². The first-order valence-corrected chi connectivity index (χ1v) is 9.33. The predicted octanol–water partition coefficient (Wildman–Crippen LogP) is 2.95. The number of carbonyl (C=O) groups is 2. The molecule has 0 saturated heterocycles. The van der Waals surface area contributed by atoms with E-state index in [9.17, 15) is 9.65 Å². The van der Waals surface area contributed by atoms with Crippen LogP contribution in [0.1, 0.15) is 23.1 Å². The number of nitrogens with zero attached hydrogens (tertiary/aromatic N) is 2. The van der Waals surface area contributed by atoms with Gasteiger partial charge in [-0.3, -0.25) is 0 Å². The molecule has 0 unspecified atom stereocenters. The molecular formula is C22H23FN2O5. The molecule has 3 rings (SSSR count). The van der Waals surface area contributed by atoms with Gasteiger partial charge in [0.2, 0.25) is 0 Å². The minimum atomic E-state index is -1.82. The molecule has 1 aliphatic rings. The molecule has 0 fully saturated rings. The lowest BCUT2D eigenvalue weighted by Gasteiger charge is -2.15. The first-order valence-electron chi connectivity index (χ1n) is 9.33. The van der Waals surface area contributed by atoms with Crippen molar-refractivity contribution in [3.63, 3.8) is 0 Å². The monoisotopic (exact) mass is 414 g/mol. The van der Waals surface area contributed by atoms with E-state index < -0.39 is 11.9 Å². The molecule has 0 atom stereocenters. The lowest BCUT2D eigenvalue weighted by Crippen LogP contribution is -2.13. The number of hydrogen-bond donors (Lipinski definition) is 2. The number of benzene rings is 2. The Balaban J connectivity index is 0.000000469. The number of halogens is 1. The largest absolute Gasteiger partial charge is 0.493 e. The zero-order valence-corrected chi connectivity index (χ0v) is 16.8. The second kappa shape index (κ2) is 10.4. The average molecular weight is 414 g/mol. The molecule has 30 heavy (non-hydrogen) atoms. The highest BCUT2D eigenvalue weighted by Gasteiger charge is 2.23. The third kappa shape index (κ3) is 5.78. The Hall–Kier alpha value is -3.44. The number of nitriles is 1. The quantitative estimate of drug-likeness (QED) is 0.724. The van der Waals surface area contributed by atoms with E-state index in [1.807, 2.05) is 20.2 Å². The highest BCUT2D eigenvalue weighted by Crippen LogP contribution is 2.39. The third-order valence-electron chi connectivity index (χ3n) is 4.56. The lowest BCUT2D eigenvalue weighted by atomic mass is 9.88. The summed E-state index contributed by atoms with van der Waals surface area (Å²) in [5.41, 5.74) is 4.56. The van der Waals surface area contributed by atoms with Gasteiger partial charge >= 0.3 is 11.9 Å². The Morgan fingerprint density at radius 3 is 2.37 bits per heavy atom. The van der Waals surface area contributed by atoms with Crippen molar-refractivity contribution < 1.29 is 28.9 Å². The fraction of sp³-hybridized carbons (Fsp3) is 0.318. The maximum absolute atomic E-state index is 13.3. The number of aliphatic carboxylic acids is 2. The van der Waals surface area contributed by atoms with E-state index in [0.29, 0.717) is 12.2 Å². The number of carboxylic acids is 2. The smallest absolute Gasteiger partial charge is 0.414 e. The summed E-state index contributed by atoms with van der Waals surface area (Å²) in [6.45, 7) is 1.60. The van der Waals surface area contributed by atoms with Crippen LogP contribution in [0.5, 0.6) is 5.75 Å². The van der Waals surface area contributed by atoms with Crippen LogP contribution < -0.4 is 4.74 Å². The molecule has 0 radical (unpaired) electrons. The zero-order valence-electron chi connectivity index (χ0n) is 16.8. The van der Waals surface area contributed by atoms with Crippen molar-refractivity contribution >= 4 is 11.9 Å². The van der Waals surface area contributed by atoms with Crippen LogP contribution in [0.25, 0.3) is 11.1 Å².